The van der Waals surface area contributed by atoms with Gasteiger partial charge in [-0.05, 0) is 24.6 Å². The molecule has 4 nitrogen and oxygen atoms in total. The Morgan fingerprint density at radius 1 is 1.11 bits per heavy atom. The highest BCUT2D eigenvalue weighted by Crippen LogP contribution is 2.28. The van der Waals surface area contributed by atoms with Gasteiger partial charge >= 0.3 is 0 Å². The van der Waals surface area contributed by atoms with E-state index in [1.165, 1.54) is 0 Å². The average molecular weight is 262 g/mol. The highest BCUT2D eigenvalue weighted by molar-refractivity contribution is 5.64. The topological polar surface area (TPSA) is 43.5 Å². The third kappa shape index (κ3) is 3.72. The number of rotatable bonds is 7. The van der Waals surface area contributed by atoms with Crippen molar-refractivity contribution in [2.24, 2.45) is 0 Å². The van der Waals surface area contributed by atoms with E-state index in [0.29, 0.717) is 13.2 Å². The zero-order valence-corrected chi connectivity index (χ0v) is 11.1. The minimum absolute atomic E-state index is 0.248. The highest BCUT2D eigenvalue weighted by atomic mass is 16.6. The Balaban J connectivity index is 1.69. The van der Waals surface area contributed by atoms with Crippen LogP contribution < -0.4 is 9.47 Å². The summed E-state index contributed by atoms with van der Waals surface area (Å²) in [6.45, 7) is 8.70. The molecule has 2 heterocycles. The van der Waals surface area contributed by atoms with E-state index in [9.17, 15) is 0 Å². The van der Waals surface area contributed by atoms with Crippen LogP contribution in [0.25, 0.3) is 5.57 Å². The normalized spacial score (nSPS) is 23.8. The van der Waals surface area contributed by atoms with Gasteiger partial charge < -0.3 is 18.9 Å². The Kier molecular flexibility index (Phi) is 3.44. The lowest BCUT2D eigenvalue weighted by molar-refractivity contribution is 0.252. The van der Waals surface area contributed by atoms with Crippen molar-refractivity contribution in [2.75, 3.05) is 26.4 Å². The van der Waals surface area contributed by atoms with Crippen LogP contribution in [-0.4, -0.2) is 38.6 Å². The molecule has 0 aromatic heterocycles. The summed E-state index contributed by atoms with van der Waals surface area (Å²) in [5, 5.41) is 0. The van der Waals surface area contributed by atoms with Gasteiger partial charge in [0.15, 0.2) is 0 Å². The van der Waals surface area contributed by atoms with E-state index < -0.39 is 0 Å². The first-order chi connectivity index (χ1) is 9.20. The molecule has 2 atom stereocenters. The van der Waals surface area contributed by atoms with Crippen LogP contribution in [0.2, 0.25) is 0 Å². The maximum Gasteiger partial charge on any atom is 0.123 e. The number of ether oxygens (including phenoxy) is 4. The number of hydrogen-bond donors (Lipinski definition) is 0. The van der Waals surface area contributed by atoms with Crippen LogP contribution in [-0.2, 0) is 9.47 Å². The van der Waals surface area contributed by atoms with Crippen LogP contribution in [0, 0.1) is 0 Å². The van der Waals surface area contributed by atoms with Crippen molar-refractivity contribution in [3.05, 3.63) is 30.3 Å². The molecule has 0 aliphatic carbocycles. The molecule has 0 amide bonds. The maximum absolute atomic E-state index is 5.71. The lowest BCUT2D eigenvalue weighted by Crippen LogP contribution is -2.06. The molecule has 0 radical (unpaired) electrons. The molecule has 19 heavy (non-hydrogen) atoms. The molecule has 2 aliphatic rings. The largest absolute Gasteiger partial charge is 0.491 e. The predicted molar refractivity (Wildman–Crippen MR) is 71.6 cm³/mol. The second-order valence-electron chi connectivity index (χ2n) is 5.01. The van der Waals surface area contributed by atoms with Crippen LogP contribution in [0.3, 0.4) is 0 Å². The van der Waals surface area contributed by atoms with E-state index in [2.05, 4.69) is 6.58 Å². The molecular weight excluding hydrogens is 244 g/mol. The first-order valence-corrected chi connectivity index (χ1v) is 6.50. The van der Waals surface area contributed by atoms with Crippen molar-refractivity contribution >= 4 is 5.57 Å². The van der Waals surface area contributed by atoms with Gasteiger partial charge in [-0.2, -0.15) is 0 Å². The third-order valence-electron chi connectivity index (χ3n) is 3.05. The van der Waals surface area contributed by atoms with Gasteiger partial charge in [0.2, 0.25) is 0 Å². The summed E-state index contributed by atoms with van der Waals surface area (Å²) < 4.78 is 21.7. The Morgan fingerprint density at radius 2 is 1.58 bits per heavy atom. The Bertz CT molecular complexity index is 441. The van der Waals surface area contributed by atoms with Crippen LogP contribution in [0.15, 0.2) is 24.8 Å². The fraction of sp³-hybridized carbons (Fsp3) is 0.467. The molecule has 2 saturated heterocycles. The van der Waals surface area contributed by atoms with Crippen molar-refractivity contribution in [1.82, 2.24) is 0 Å². The third-order valence-corrected chi connectivity index (χ3v) is 3.05. The molecular formula is C15H18O4. The number of hydrogen-bond acceptors (Lipinski definition) is 4. The van der Waals surface area contributed by atoms with E-state index in [1.54, 1.807) is 0 Å². The van der Waals surface area contributed by atoms with Gasteiger partial charge in [-0.25, -0.2) is 0 Å². The van der Waals surface area contributed by atoms with Crippen molar-refractivity contribution < 1.29 is 18.9 Å². The molecule has 102 valence electrons. The highest BCUT2D eigenvalue weighted by Gasteiger charge is 2.24. The number of epoxide rings is 2. The lowest BCUT2D eigenvalue weighted by atomic mass is 10.1. The van der Waals surface area contributed by atoms with Gasteiger partial charge in [-0.15, -0.1) is 0 Å². The molecule has 0 saturated carbocycles. The minimum Gasteiger partial charge on any atom is -0.491 e. The summed E-state index contributed by atoms with van der Waals surface area (Å²) in [5.41, 5.74) is 2.02. The van der Waals surface area contributed by atoms with Crippen molar-refractivity contribution in [3.8, 4) is 11.5 Å². The van der Waals surface area contributed by atoms with Crippen molar-refractivity contribution in [1.29, 1.82) is 0 Å². The van der Waals surface area contributed by atoms with E-state index >= 15 is 0 Å². The fourth-order valence-corrected chi connectivity index (χ4v) is 1.69. The average Bonchev–Trinajstić information content (AvgIpc) is 3.28. The number of benzene rings is 1. The molecule has 0 unspecified atom stereocenters. The summed E-state index contributed by atoms with van der Waals surface area (Å²) in [4.78, 5) is 0. The standard InChI is InChI=1S/C15H18O4/c1-10(2)11-3-12(16-6-14-8-18-14)5-13(4-11)17-7-15-9-19-15/h3-5,14-15H,1,6-9H2,2H3/t14-,15-/m1/s1. The van der Waals surface area contributed by atoms with Gasteiger partial charge in [0.05, 0.1) is 13.2 Å². The molecule has 2 fully saturated rings. The van der Waals surface area contributed by atoms with Gasteiger partial charge in [0, 0.05) is 6.07 Å². The van der Waals surface area contributed by atoms with Gasteiger partial charge in [-0.3, -0.25) is 0 Å². The predicted octanol–water partition coefficient (Wildman–Crippen LogP) is 2.27. The summed E-state index contributed by atoms with van der Waals surface area (Å²) >= 11 is 0. The van der Waals surface area contributed by atoms with E-state index in [1.807, 2.05) is 25.1 Å². The summed E-state index contributed by atoms with van der Waals surface area (Å²) in [6, 6.07) is 5.85. The molecule has 2 aliphatic heterocycles. The fourth-order valence-electron chi connectivity index (χ4n) is 1.69. The maximum atomic E-state index is 5.71. The second-order valence-corrected chi connectivity index (χ2v) is 5.01. The molecule has 0 bridgehead atoms. The van der Waals surface area contributed by atoms with Gasteiger partial charge in [0.1, 0.15) is 36.9 Å². The molecule has 0 spiro atoms. The SMILES string of the molecule is C=C(C)c1cc(OC[C@@H]2CO2)cc(OC[C@@H]2CO2)c1. The van der Waals surface area contributed by atoms with Crippen LogP contribution in [0.4, 0.5) is 0 Å². The van der Waals surface area contributed by atoms with Crippen molar-refractivity contribution in [3.63, 3.8) is 0 Å². The first-order valence-electron chi connectivity index (χ1n) is 6.50. The van der Waals surface area contributed by atoms with E-state index in [4.69, 9.17) is 18.9 Å². The minimum atomic E-state index is 0.248. The molecule has 4 heteroatoms. The summed E-state index contributed by atoms with van der Waals surface area (Å²) in [6.07, 6.45) is 0.496. The molecule has 3 rings (SSSR count). The Morgan fingerprint density at radius 3 is 1.95 bits per heavy atom. The van der Waals surface area contributed by atoms with Crippen LogP contribution >= 0.6 is 0 Å². The Hall–Kier alpha value is -1.52. The van der Waals surface area contributed by atoms with Crippen LogP contribution in [0.1, 0.15) is 12.5 Å². The monoisotopic (exact) mass is 262 g/mol. The second kappa shape index (κ2) is 5.23. The van der Waals surface area contributed by atoms with Crippen LogP contribution in [0.5, 0.6) is 11.5 Å². The zero-order chi connectivity index (χ0) is 13.2. The summed E-state index contributed by atoms with van der Waals surface area (Å²) in [7, 11) is 0. The first kappa shape index (κ1) is 12.5. The van der Waals surface area contributed by atoms with E-state index in [-0.39, 0.29) is 12.2 Å². The Labute approximate surface area is 112 Å². The number of allylic oxidation sites excluding steroid dienone is 1. The summed E-state index contributed by atoms with van der Waals surface area (Å²) in [5.74, 6) is 1.59. The van der Waals surface area contributed by atoms with E-state index in [0.717, 1.165) is 35.8 Å². The quantitative estimate of drug-likeness (QED) is 0.707. The smallest absolute Gasteiger partial charge is 0.123 e. The molecule has 1 aromatic rings. The van der Waals surface area contributed by atoms with Gasteiger partial charge in [0.25, 0.3) is 0 Å². The lowest BCUT2D eigenvalue weighted by Gasteiger charge is -2.11. The molecule has 1 aromatic carbocycles. The van der Waals surface area contributed by atoms with Gasteiger partial charge in [-0.1, -0.05) is 12.2 Å². The van der Waals surface area contributed by atoms with Crippen molar-refractivity contribution in [2.45, 2.75) is 19.1 Å². The zero-order valence-electron chi connectivity index (χ0n) is 11.1. The molecule has 0 N–H and O–H groups in total.